The molecule has 0 unspecified atom stereocenters. The quantitative estimate of drug-likeness (QED) is 0.873. The minimum absolute atomic E-state index is 0. The standard InChI is InChI=1S/C14H20N2O4S.ClH/c1-3-21(18,19)13-7-6-10(16-14(17)20-2)9-11(13)12-5-4-8-15-12;/h6-7,9,12,15H,3-5,8H2,1-2H3,(H,16,17);1H/t12-;/m0./s1. The molecule has 1 aromatic rings. The largest absolute Gasteiger partial charge is 0.453 e. The van der Waals surface area contributed by atoms with Gasteiger partial charge in [0.2, 0.25) is 0 Å². The summed E-state index contributed by atoms with van der Waals surface area (Å²) >= 11 is 0. The highest BCUT2D eigenvalue weighted by Gasteiger charge is 2.25. The third kappa shape index (κ3) is 4.12. The fraction of sp³-hybridized carbons (Fsp3) is 0.500. The maximum absolute atomic E-state index is 12.2. The summed E-state index contributed by atoms with van der Waals surface area (Å²) in [7, 11) is -2.02. The van der Waals surface area contributed by atoms with Gasteiger partial charge in [-0.05, 0) is 43.1 Å². The first-order valence-corrected chi connectivity index (χ1v) is 8.58. The molecule has 0 spiro atoms. The lowest BCUT2D eigenvalue weighted by molar-refractivity contribution is 0.187. The predicted octanol–water partition coefficient (Wildman–Crippen LogP) is 2.50. The maximum atomic E-state index is 12.2. The van der Waals surface area contributed by atoms with Crippen molar-refractivity contribution in [1.29, 1.82) is 0 Å². The summed E-state index contributed by atoms with van der Waals surface area (Å²) in [6.07, 6.45) is 1.31. The second-order valence-electron chi connectivity index (χ2n) is 4.92. The van der Waals surface area contributed by atoms with Gasteiger partial charge in [-0.25, -0.2) is 13.2 Å². The molecule has 1 aliphatic heterocycles. The van der Waals surface area contributed by atoms with Crippen LogP contribution in [0.1, 0.15) is 31.4 Å². The van der Waals surface area contributed by atoms with Crippen molar-refractivity contribution in [2.75, 3.05) is 24.7 Å². The van der Waals surface area contributed by atoms with Gasteiger partial charge < -0.3 is 10.1 Å². The summed E-state index contributed by atoms with van der Waals surface area (Å²) < 4.78 is 29.0. The molecule has 1 fully saturated rings. The number of hydrogen-bond acceptors (Lipinski definition) is 5. The highest BCUT2D eigenvalue weighted by atomic mass is 35.5. The van der Waals surface area contributed by atoms with Crippen molar-refractivity contribution in [2.24, 2.45) is 0 Å². The molecule has 2 N–H and O–H groups in total. The number of rotatable bonds is 4. The first-order chi connectivity index (χ1) is 9.97. The number of nitrogens with one attached hydrogen (secondary N) is 2. The number of carbonyl (C=O) groups is 1. The molecule has 0 aromatic heterocycles. The number of ether oxygens (including phenoxy) is 1. The van der Waals surface area contributed by atoms with Gasteiger partial charge in [-0.1, -0.05) is 6.92 Å². The Bertz CT molecular complexity index is 628. The summed E-state index contributed by atoms with van der Waals surface area (Å²) in [5, 5.41) is 5.86. The molecular weight excluding hydrogens is 328 g/mol. The van der Waals surface area contributed by atoms with Gasteiger partial charge in [0.05, 0.1) is 17.8 Å². The van der Waals surface area contributed by atoms with Crippen LogP contribution in [0.5, 0.6) is 0 Å². The fourth-order valence-electron chi connectivity index (χ4n) is 2.46. The van der Waals surface area contributed by atoms with Crippen LogP contribution in [0.15, 0.2) is 23.1 Å². The van der Waals surface area contributed by atoms with Gasteiger partial charge in [-0.15, -0.1) is 12.4 Å². The topological polar surface area (TPSA) is 84.5 Å². The van der Waals surface area contributed by atoms with Gasteiger partial charge >= 0.3 is 6.09 Å². The zero-order chi connectivity index (χ0) is 15.5. The van der Waals surface area contributed by atoms with Crippen molar-refractivity contribution in [2.45, 2.75) is 30.7 Å². The number of methoxy groups -OCH3 is 1. The molecule has 1 saturated heterocycles. The van der Waals surface area contributed by atoms with E-state index in [1.54, 1.807) is 25.1 Å². The van der Waals surface area contributed by atoms with Crippen molar-refractivity contribution >= 4 is 34.0 Å². The third-order valence-electron chi connectivity index (χ3n) is 3.59. The molecule has 6 nitrogen and oxygen atoms in total. The molecule has 1 heterocycles. The van der Waals surface area contributed by atoms with Crippen LogP contribution >= 0.6 is 12.4 Å². The van der Waals surface area contributed by atoms with Crippen molar-refractivity contribution in [1.82, 2.24) is 5.32 Å². The first-order valence-electron chi connectivity index (χ1n) is 6.93. The third-order valence-corrected chi connectivity index (χ3v) is 5.39. The summed E-state index contributed by atoms with van der Waals surface area (Å²) in [4.78, 5) is 11.6. The van der Waals surface area contributed by atoms with Crippen molar-refractivity contribution < 1.29 is 17.9 Å². The fourth-order valence-corrected chi connectivity index (χ4v) is 3.60. The van der Waals surface area contributed by atoms with Crippen LogP contribution in [0.25, 0.3) is 0 Å². The summed E-state index contributed by atoms with van der Waals surface area (Å²) in [5.74, 6) is 0.0521. The molecule has 1 atom stereocenters. The molecule has 0 aliphatic carbocycles. The zero-order valence-corrected chi connectivity index (χ0v) is 14.2. The lowest BCUT2D eigenvalue weighted by atomic mass is 10.0. The van der Waals surface area contributed by atoms with Crippen molar-refractivity contribution in [3.8, 4) is 0 Å². The molecular formula is C14H21ClN2O4S. The van der Waals surface area contributed by atoms with Crippen LogP contribution in [0, 0.1) is 0 Å². The smallest absolute Gasteiger partial charge is 0.411 e. The van der Waals surface area contributed by atoms with E-state index in [-0.39, 0.29) is 24.2 Å². The van der Waals surface area contributed by atoms with E-state index in [1.165, 1.54) is 7.11 Å². The van der Waals surface area contributed by atoms with Crippen LogP contribution in [-0.4, -0.2) is 33.9 Å². The van der Waals surface area contributed by atoms with Gasteiger partial charge in [0, 0.05) is 11.7 Å². The van der Waals surface area contributed by atoms with Crippen LogP contribution in [0.3, 0.4) is 0 Å². The minimum atomic E-state index is -3.30. The number of sulfone groups is 1. The molecule has 2 rings (SSSR count). The summed E-state index contributed by atoms with van der Waals surface area (Å²) in [6, 6.07) is 4.85. The summed E-state index contributed by atoms with van der Waals surface area (Å²) in [6.45, 7) is 2.49. The van der Waals surface area contributed by atoms with E-state index >= 15 is 0 Å². The van der Waals surface area contributed by atoms with E-state index < -0.39 is 15.9 Å². The Morgan fingerprint density at radius 2 is 2.18 bits per heavy atom. The maximum Gasteiger partial charge on any atom is 0.411 e. The second-order valence-corrected chi connectivity index (χ2v) is 7.17. The van der Waals surface area contributed by atoms with Crippen LogP contribution in [0.2, 0.25) is 0 Å². The minimum Gasteiger partial charge on any atom is -0.453 e. The average molecular weight is 349 g/mol. The van der Waals surface area contributed by atoms with Gasteiger partial charge in [0.25, 0.3) is 0 Å². The molecule has 1 aromatic carbocycles. The summed E-state index contributed by atoms with van der Waals surface area (Å²) in [5.41, 5.74) is 1.24. The van der Waals surface area contributed by atoms with E-state index in [0.29, 0.717) is 16.1 Å². The van der Waals surface area contributed by atoms with Gasteiger partial charge in [0.1, 0.15) is 0 Å². The predicted molar refractivity (Wildman–Crippen MR) is 87.4 cm³/mol. The molecule has 0 bridgehead atoms. The van der Waals surface area contributed by atoms with Gasteiger partial charge in [0.15, 0.2) is 9.84 Å². The van der Waals surface area contributed by atoms with E-state index in [4.69, 9.17) is 0 Å². The Hall–Kier alpha value is -1.31. The number of hydrogen-bond donors (Lipinski definition) is 2. The van der Waals surface area contributed by atoms with E-state index in [0.717, 1.165) is 19.4 Å². The monoisotopic (exact) mass is 348 g/mol. The van der Waals surface area contributed by atoms with E-state index in [2.05, 4.69) is 15.4 Å². The number of carbonyl (C=O) groups excluding carboxylic acids is 1. The Morgan fingerprint density at radius 3 is 2.73 bits per heavy atom. The molecule has 0 radical (unpaired) electrons. The van der Waals surface area contributed by atoms with Crippen molar-refractivity contribution in [3.05, 3.63) is 23.8 Å². The van der Waals surface area contributed by atoms with Crippen LogP contribution in [-0.2, 0) is 14.6 Å². The number of anilines is 1. The second kappa shape index (κ2) is 7.80. The average Bonchev–Trinajstić information content (AvgIpc) is 3.01. The van der Waals surface area contributed by atoms with Crippen LogP contribution < -0.4 is 10.6 Å². The highest BCUT2D eigenvalue weighted by Crippen LogP contribution is 2.31. The molecule has 124 valence electrons. The normalized spacial score (nSPS) is 17.6. The molecule has 0 saturated carbocycles. The Labute approximate surface area is 136 Å². The zero-order valence-electron chi connectivity index (χ0n) is 12.6. The Kier molecular flexibility index (Phi) is 6.65. The number of amides is 1. The molecule has 1 amide bonds. The van der Waals surface area contributed by atoms with Crippen LogP contribution in [0.4, 0.5) is 10.5 Å². The molecule has 1 aliphatic rings. The molecule has 8 heteroatoms. The van der Waals surface area contributed by atoms with Gasteiger partial charge in [-0.3, -0.25) is 5.32 Å². The number of halogens is 1. The van der Waals surface area contributed by atoms with Crippen molar-refractivity contribution in [3.63, 3.8) is 0 Å². The lowest BCUT2D eigenvalue weighted by Crippen LogP contribution is -2.18. The highest BCUT2D eigenvalue weighted by molar-refractivity contribution is 7.91. The first kappa shape index (κ1) is 18.7. The lowest BCUT2D eigenvalue weighted by Gasteiger charge is -2.17. The van der Waals surface area contributed by atoms with E-state index in [9.17, 15) is 13.2 Å². The Balaban J connectivity index is 0.00000242. The number of benzene rings is 1. The van der Waals surface area contributed by atoms with E-state index in [1.807, 2.05) is 0 Å². The SMILES string of the molecule is CCS(=O)(=O)c1ccc(NC(=O)OC)cc1[C@@H]1CCCN1.Cl. The molecule has 22 heavy (non-hydrogen) atoms. The Morgan fingerprint density at radius 1 is 1.45 bits per heavy atom. The van der Waals surface area contributed by atoms with Gasteiger partial charge in [-0.2, -0.15) is 0 Å².